The van der Waals surface area contributed by atoms with Gasteiger partial charge in [-0.3, -0.25) is 0 Å². The number of hydrogen-bond acceptors (Lipinski definition) is 1. The third-order valence-electron chi connectivity index (χ3n) is 2.29. The lowest BCUT2D eigenvalue weighted by molar-refractivity contribution is -0.904. The van der Waals surface area contributed by atoms with Crippen molar-refractivity contribution in [3.63, 3.8) is 0 Å². The lowest BCUT2D eigenvalue weighted by Crippen LogP contribution is -2.42. The van der Waals surface area contributed by atoms with E-state index < -0.39 is 0 Å². The molecule has 0 spiro atoms. The van der Waals surface area contributed by atoms with Crippen LogP contribution in [0.5, 0.6) is 0 Å². The van der Waals surface area contributed by atoms with Crippen LogP contribution in [-0.2, 0) is 4.79 Å². The van der Waals surface area contributed by atoms with Gasteiger partial charge in [-0.15, -0.1) is 0 Å². The molecule has 0 heterocycles. The van der Waals surface area contributed by atoms with E-state index in [1.54, 1.807) is 0 Å². The van der Waals surface area contributed by atoms with Gasteiger partial charge in [-0.2, -0.15) is 0 Å². The summed E-state index contributed by atoms with van der Waals surface area (Å²) in [4.78, 5) is 8.81. The molecule has 11 heavy (non-hydrogen) atoms. The van der Waals surface area contributed by atoms with E-state index in [0.29, 0.717) is 0 Å². The first-order chi connectivity index (χ1) is 5.10. The maximum absolute atomic E-state index is 8.81. The van der Waals surface area contributed by atoms with Gasteiger partial charge in [0.15, 0.2) is 0 Å². The highest BCUT2D eigenvalue weighted by Gasteiger charge is 2.10. The second-order valence-electron chi connectivity index (χ2n) is 2.80. The fourth-order valence-corrected chi connectivity index (χ4v) is 0.671. The Bertz CT molecular complexity index is 79.3. The Hall–Kier alpha value is -0.370. The lowest BCUT2D eigenvalue weighted by atomic mass is 10.4. The van der Waals surface area contributed by atoms with E-state index in [2.05, 4.69) is 27.8 Å². The molecule has 2 heteroatoms. The van der Waals surface area contributed by atoms with Gasteiger partial charge in [-0.25, -0.2) is 0 Å². The Balaban J connectivity index is 0. The van der Waals surface area contributed by atoms with Crippen molar-refractivity contribution < 1.29 is 9.28 Å². The quantitative estimate of drug-likeness (QED) is 0.453. The molecule has 68 valence electrons. The SMILES string of the molecule is CC=O.CC[N+](C)(CC)CC. The molecule has 0 aliphatic heterocycles. The van der Waals surface area contributed by atoms with Gasteiger partial charge in [0.25, 0.3) is 0 Å². The molecular formula is C9H22NO+. The van der Waals surface area contributed by atoms with Gasteiger partial charge in [0.1, 0.15) is 6.29 Å². The first-order valence-electron chi connectivity index (χ1n) is 4.33. The van der Waals surface area contributed by atoms with Crippen LogP contribution in [0.3, 0.4) is 0 Å². The molecule has 0 fully saturated rings. The fourth-order valence-electron chi connectivity index (χ4n) is 0.671. The Morgan fingerprint density at radius 2 is 1.27 bits per heavy atom. The molecular weight excluding hydrogens is 138 g/mol. The van der Waals surface area contributed by atoms with E-state index in [0.717, 1.165) is 6.29 Å². The summed E-state index contributed by atoms with van der Waals surface area (Å²) in [6.07, 6.45) is 0.750. The zero-order valence-corrected chi connectivity index (χ0v) is 8.55. The number of rotatable bonds is 3. The van der Waals surface area contributed by atoms with E-state index in [9.17, 15) is 0 Å². The number of hydrogen-bond donors (Lipinski definition) is 0. The molecule has 0 atom stereocenters. The predicted octanol–water partition coefficient (Wildman–Crippen LogP) is 1.70. The van der Waals surface area contributed by atoms with Gasteiger partial charge >= 0.3 is 0 Å². The van der Waals surface area contributed by atoms with Crippen molar-refractivity contribution in [1.82, 2.24) is 0 Å². The normalized spacial score (nSPS) is 9.91. The van der Waals surface area contributed by atoms with E-state index in [1.807, 2.05) is 0 Å². The maximum atomic E-state index is 8.81. The molecule has 0 amide bonds. The van der Waals surface area contributed by atoms with Crippen molar-refractivity contribution in [1.29, 1.82) is 0 Å². The Kier molecular flexibility index (Phi) is 9.31. The third-order valence-corrected chi connectivity index (χ3v) is 2.29. The molecule has 0 aliphatic rings. The van der Waals surface area contributed by atoms with E-state index >= 15 is 0 Å². The smallest absolute Gasteiger partial charge is 0.116 e. The van der Waals surface area contributed by atoms with Crippen molar-refractivity contribution in [2.45, 2.75) is 27.7 Å². The molecule has 0 N–H and O–H groups in total. The van der Waals surface area contributed by atoms with Gasteiger partial charge in [0, 0.05) is 0 Å². The van der Waals surface area contributed by atoms with Crippen LogP contribution in [0, 0.1) is 0 Å². The van der Waals surface area contributed by atoms with Gasteiger partial charge in [0.2, 0.25) is 0 Å². The molecule has 0 unspecified atom stereocenters. The summed E-state index contributed by atoms with van der Waals surface area (Å²) in [5, 5.41) is 0. The van der Waals surface area contributed by atoms with Crippen LogP contribution in [0.25, 0.3) is 0 Å². The van der Waals surface area contributed by atoms with Gasteiger partial charge in [-0.1, -0.05) is 0 Å². The second-order valence-corrected chi connectivity index (χ2v) is 2.80. The molecule has 0 saturated heterocycles. The minimum atomic E-state index is 0.750. The number of carbonyl (C=O) groups excluding carboxylic acids is 1. The maximum Gasteiger partial charge on any atom is 0.116 e. The Morgan fingerprint density at radius 3 is 1.27 bits per heavy atom. The average Bonchev–Trinajstić information content (AvgIpc) is 2.05. The van der Waals surface area contributed by atoms with Crippen molar-refractivity contribution >= 4 is 6.29 Å². The monoisotopic (exact) mass is 160 g/mol. The van der Waals surface area contributed by atoms with Gasteiger partial charge in [0.05, 0.1) is 26.7 Å². The fraction of sp³-hybridized carbons (Fsp3) is 0.889. The van der Waals surface area contributed by atoms with E-state index in [4.69, 9.17) is 4.79 Å². The molecule has 0 aliphatic carbocycles. The van der Waals surface area contributed by atoms with Crippen molar-refractivity contribution in [3.8, 4) is 0 Å². The number of carbonyl (C=O) groups is 1. The van der Waals surface area contributed by atoms with Crippen molar-refractivity contribution in [3.05, 3.63) is 0 Å². The van der Waals surface area contributed by atoms with Crippen LogP contribution in [0.2, 0.25) is 0 Å². The number of aldehydes is 1. The summed E-state index contributed by atoms with van der Waals surface area (Å²) in [6, 6.07) is 0. The first-order valence-corrected chi connectivity index (χ1v) is 4.33. The first kappa shape index (κ1) is 13.2. The van der Waals surface area contributed by atoms with E-state index in [1.165, 1.54) is 31.0 Å². The summed E-state index contributed by atoms with van der Waals surface area (Å²) < 4.78 is 1.21. The van der Waals surface area contributed by atoms with Crippen LogP contribution in [-0.4, -0.2) is 37.5 Å². The third kappa shape index (κ3) is 7.53. The van der Waals surface area contributed by atoms with Gasteiger partial charge in [-0.05, 0) is 27.7 Å². The molecule has 0 rings (SSSR count). The van der Waals surface area contributed by atoms with Crippen LogP contribution < -0.4 is 0 Å². The van der Waals surface area contributed by atoms with Crippen LogP contribution in [0.4, 0.5) is 0 Å². The van der Waals surface area contributed by atoms with Crippen LogP contribution >= 0.6 is 0 Å². The second kappa shape index (κ2) is 7.73. The van der Waals surface area contributed by atoms with Gasteiger partial charge < -0.3 is 9.28 Å². The molecule has 0 bridgehead atoms. The highest BCUT2D eigenvalue weighted by molar-refractivity contribution is 5.44. The molecule has 0 aromatic heterocycles. The standard InChI is InChI=1S/C7H18N.C2H4O/c1-5-8(4,6-2)7-3;1-2-3/h5-7H2,1-4H3;2H,1H3/q+1;. The highest BCUT2D eigenvalue weighted by Crippen LogP contribution is 1.97. The topological polar surface area (TPSA) is 17.1 Å². The van der Waals surface area contributed by atoms with E-state index in [-0.39, 0.29) is 0 Å². The van der Waals surface area contributed by atoms with Crippen molar-refractivity contribution in [2.24, 2.45) is 0 Å². The molecule has 0 saturated carbocycles. The largest absolute Gasteiger partial charge is 0.327 e. The Labute approximate surface area is 70.8 Å². The van der Waals surface area contributed by atoms with Crippen molar-refractivity contribution in [2.75, 3.05) is 26.7 Å². The minimum Gasteiger partial charge on any atom is -0.327 e. The molecule has 0 radical (unpaired) electrons. The number of quaternary nitrogens is 1. The molecule has 0 aromatic carbocycles. The Morgan fingerprint density at radius 1 is 1.09 bits per heavy atom. The summed E-state index contributed by atoms with van der Waals surface area (Å²) in [7, 11) is 2.29. The van der Waals surface area contributed by atoms with Crippen LogP contribution in [0.15, 0.2) is 0 Å². The molecule has 0 aromatic rings. The van der Waals surface area contributed by atoms with Crippen LogP contribution in [0.1, 0.15) is 27.7 Å². The summed E-state index contributed by atoms with van der Waals surface area (Å²) in [5.74, 6) is 0. The zero-order valence-electron chi connectivity index (χ0n) is 8.55. The number of nitrogens with zero attached hydrogens (tertiary/aromatic N) is 1. The average molecular weight is 160 g/mol. The summed E-state index contributed by atoms with van der Waals surface area (Å²) >= 11 is 0. The zero-order chi connectivity index (χ0) is 9.33. The highest BCUT2D eigenvalue weighted by atomic mass is 16.1. The predicted molar refractivity (Wildman–Crippen MR) is 49.5 cm³/mol. The lowest BCUT2D eigenvalue weighted by Gasteiger charge is -2.30. The summed E-state index contributed by atoms with van der Waals surface area (Å²) in [5.41, 5.74) is 0. The minimum absolute atomic E-state index is 0.750. The summed E-state index contributed by atoms with van der Waals surface area (Å²) in [6.45, 7) is 11.9. The molecule has 2 nitrogen and oxygen atoms in total.